The molecule has 6 heteroatoms. The van der Waals surface area contributed by atoms with E-state index in [1.54, 1.807) is 37.7 Å². The molecule has 0 spiro atoms. The number of ketones is 1. The van der Waals surface area contributed by atoms with Crippen LogP contribution in [0.25, 0.3) is 6.08 Å². The summed E-state index contributed by atoms with van der Waals surface area (Å²) in [6.45, 7) is 4.47. The van der Waals surface area contributed by atoms with Crippen molar-refractivity contribution in [2.75, 3.05) is 26.1 Å². The lowest BCUT2D eigenvalue weighted by Crippen LogP contribution is -2.03. The Labute approximate surface area is 174 Å². The summed E-state index contributed by atoms with van der Waals surface area (Å²) in [7, 11) is 3.25. The summed E-state index contributed by atoms with van der Waals surface area (Å²) in [6, 6.07) is 13.5. The molecule has 0 amide bonds. The van der Waals surface area contributed by atoms with E-state index in [0.717, 1.165) is 18.1 Å². The number of nitrogens with one attached hydrogen (secondary N) is 1. The molecule has 0 atom stereocenters. The first-order valence-corrected chi connectivity index (χ1v) is 10.4. The topological polar surface area (TPSA) is 51.2 Å². The van der Waals surface area contributed by atoms with Crippen molar-refractivity contribution < 1.29 is 9.53 Å². The minimum atomic E-state index is -0.00637. The van der Waals surface area contributed by atoms with E-state index < -0.39 is 0 Å². The van der Waals surface area contributed by atoms with Gasteiger partial charge >= 0.3 is 0 Å². The molecular formula is C22H24N2O2S2. The Balaban J connectivity index is 0.000000878. The lowest BCUT2D eigenvalue weighted by molar-refractivity contribution is 0.104. The van der Waals surface area contributed by atoms with E-state index in [9.17, 15) is 4.79 Å². The molecule has 146 valence electrons. The number of carbonyl (C=O) groups excluding carboxylic acids is 1. The highest BCUT2D eigenvalue weighted by atomic mass is 32.1. The third-order valence-electron chi connectivity index (χ3n) is 3.51. The fourth-order valence-electron chi connectivity index (χ4n) is 2.31. The molecular weight excluding hydrogens is 388 g/mol. The first-order chi connectivity index (χ1) is 13.7. The Morgan fingerprint density at radius 1 is 1.21 bits per heavy atom. The van der Waals surface area contributed by atoms with Crippen LogP contribution in [-0.4, -0.2) is 31.5 Å². The monoisotopic (exact) mass is 412 g/mol. The predicted molar refractivity (Wildman–Crippen MR) is 121 cm³/mol. The van der Waals surface area contributed by atoms with Gasteiger partial charge in [-0.25, -0.2) is 4.98 Å². The van der Waals surface area contributed by atoms with Gasteiger partial charge < -0.3 is 10.1 Å². The van der Waals surface area contributed by atoms with E-state index in [4.69, 9.17) is 0 Å². The van der Waals surface area contributed by atoms with Gasteiger partial charge in [0.05, 0.1) is 5.69 Å². The van der Waals surface area contributed by atoms with Crippen molar-refractivity contribution in [3.63, 3.8) is 0 Å². The van der Waals surface area contributed by atoms with Gasteiger partial charge in [0.25, 0.3) is 0 Å². The van der Waals surface area contributed by atoms with Gasteiger partial charge in [-0.1, -0.05) is 66.5 Å². The van der Waals surface area contributed by atoms with Crippen LogP contribution in [0, 0.1) is 0 Å². The molecule has 3 aromatic rings. The number of carbonyl (C=O) groups is 1. The molecule has 1 N–H and O–H groups in total. The van der Waals surface area contributed by atoms with E-state index in [2.05, 4.69) is 39.1 Å². The number of aromatic nitrogens is 1. The fourth-order valence-corrected chi connectivity index (χ4v) is 3.96. The number of hydrogen-bond acceptors (Lipinski definition) is 6. The highest BCUT2D eigenvalue weighted by Gasteiger charge is 2.18. The zero-order valence-corrected chi connectivity index (χ0v) is 17.7. The fraction of sp³-hybridized carbons (Fsp3) is 0.182. The molecule has 0 aliphatic carbocycles. The molecule has 0 saturated carbocycles. The molecule has 0 radical (unpaired) electrons. The largest absolute Gasteiger partial charge is 0.388 e. The van der Waals surface area contributed by atoms with Crippen molar-refractivity contribution in [2.45, 2.75) is 6.42 Å². The third kappa shape index (κ3) is 6.56. The second-order valence-corrected chi connectivity index (χ2v) is 7.72. The zero-order chi connectivity index (χ0) is 20.2. The molecule has 0 aliphatic rings. The summed E-state index contributed by atoms with van der Waals surface area (Å²) in [5, 5.41) is 6.17. The maximum Gasteiger partial charge on any atom is 0.205 e. The number of methoxy groups -OCH3 is 1. The summed E-state index contributed by atoms with van der Waals surface area (Å²) < 4.78 is 4.25. The van der Waals surface area contributed by atoms with E-state index in [1.807, 2.05) is 36.4 Å². The predicted octanol–water partition coefficient (Wildman–Crippen LogP) is 5.55. The number of benzene rings is 1. The first kappa shape index (κ1) is 21.8. The number of thiazole rings is 1. The zero-order valence-electron chi connectivity index (χ0n) is 16.1. The molecule has 2 aromatic heterocycles. The summed E-state index contributed by atoms with van der Waals surface area (Å²) in [5.41, 5.74) is 1.35. The smallest absolute Gasteiger partial charge is 0.205 e. The Bertz CT molecular complexity index is 885. The molecule has 0 aliphatic heterocycles. The van der Waals surface area contributed by atoms with Crippen LogP contribution in [0.1, 0.15) is 25.8 Å². The van der Waals surface area contributed by atoms with E-state index in [1.165, 1.54) is 16.2 Å². The van der Waals surface area contributed by atoms with Gasteiger partial charge in [-0.15, -0.1) is 11.3 Å². The Morgan fingerprint density at radius 2 is 1.96 bits per heavy atom. The maximum atomic E-state index is 12.8. The van der Waals surface area contributed by atoms with Crippen molar-refractivity contribution in [2.24, 2.45) is 0 Å². The van der Waals surface area contributed by atoms with Gasteiger partial charge in [0.1, 0.15) is 4.88 Å². The van der Waals surface area contributed by atoms with Gasteiger partial charge in [-0.3, -0.25) is 4.79 Å². The maximum absolute atomic E-state index is 12.8. The minimum absolute atomic E-state index is 0.00637. The lowest BCUT2D eigenvalue weighted by atomic mass is 10.1. The van der Waals surface area contributed by atoms with E-state index in [0.29, 0.717) is 16.1 Å². The van der Waals surface area contributed by atoms with Gasteiger partial charge in [0, 0.05) is 31.2 Å². The number of anilines is 1. The summed E-state index contributed by atoms with van der Waals surface area (Å²) >= 11 is 3.14. The van der Waals surface area contributed by atoms with Crippen molar-refractivity contribution in [1.29, 1.82) is 0 Å². The van der Waals surface area contributed by atoms with Crippen LogP contribution >= 0.6 is 22.7 Å². The third-order valence-corrected chi connectivity index (χ3v) is 5.48. The van der Waals surface area contributed by atoms with Crippen molar-refractivity contribution in [1.82, 2.24) is 4.98 Å². The molecule has 4 nitrogen and oxygen atoms in total. The van der Waals surface area contributed by atoms with Crippen molar-refractivity contribution >= 4 is 39.7 Å². The molecule has 0 saturated heterocycles. The molecule has 0 unspecified atom stereocenters. The summed E-state index contributed by atoms with van der Waals surface area (Å²) in [5.74, 6) is -0.00637. The molecule has 2 heterocycles. The van der Waals surface area contributed by atoms with Crippen LogP contribution in [0.5, 0.6) is 0 Å². The number of allylic oxidation sites excluding steroid dienone is 2. The average molecular weight is 413 g/mol. The Kier molecular flexibility index (Phi) is 9.34. The van der Waals surface area contributed by atoms with Crippen LogP contribution in [0.2, 0.25) is 0 Å². The number of thiophene rings is 1. The lowest BCUT2D eigenvalue weighted by Gasteiger charge is -2.00. The van der Waals surface area contributed by atoms with Crippen LogP contribution in [-0.2, 0) is 11.2 Å². The van der Waals surface area contributed by atoms with Crippen LogP contribution in [0.3, 0.4) is 0 Å². The average Bonchev–Trinajstić information content (AvgIpc) is 3.37. The standard InChI is InChI=1S/C20H18N2OS2.C2H6O/c1-2-3-11-17-19(18(23)15-8-5-4-6-9-15)25-20(22-17)21-13-12-16-10-7-14-24-16;1-3-2/h2-11,14H,1,12-13H2,(H,21,22);1-2H3/b11-3+;. The second kappa shape index (κ2) is 12.0. The van der Waals surface area contributed by atoms with Gasteiger partial charge in [0.2, 0.25) is 5.78 Å². The second-order valence-electron chi connectivity index (χ2n) is 5.69. The van der Waals surface area contributed by atoms with E-state index >= 15 is 0 Å². The molecule has 1 aromatic carbocycles. The number of nitrogens with zero attached hydrogens (tertiary/aromatic N) is 1. The molecule has 28 heavy (non-hydrogen) atoms. The van der Waals surface area contributed by atoms with E-state index in [-0.39, 0.29) is 5.78 Å². The van der Waals surface area contributed by atoms with Gasteiger partial charge in [0.15, 0.2) is 5.13 Å². The SMILES string of the molecule is C=C/C=C/c1nc(NCCc2cccs2)sc1C(=O)c1ccccc1.COC. The highest BCUT2D eigenvalue weighted by molar-refractivity contribution is 7.17. The van der Waals surface area contributed by atoms with Crippen LogP contribution in [0.4, 0.5) is 5.13 Å². The minimum Gasteiger partial charge on any atom is -0.388 e. The normalized spacial score (nSPS) is 10.4. The van der Waals surface area contributed by atoms with Crippen molar-refractivity contribution in [3.8, 4) is 0 Å². The molecule has 0 fully saturated rings. The van der Waals surface area contributed by atoms with Crippen LogP contribution < -0.4 is 5.32 Å². The molecule has 0 bridgehead atoms. The number of rotatable bonds is 8. The summed E-state index contributed by atoms with van der Waals surface area (Å²) in [4.78, 5) is 19.3. The van der Waals surface area contributed by atoms with Crippen molar-refractivity contribution in [3.05, 3.63) is 87.6 Å². The van der Waals surface area contributed by atoms with Gasteiger partial charge in [-0.05, 0) is 23.9 Å². The van der Waals surface area contributed by atoms with Gasteiger partial charge in [-0.2, -0.15) is 0 Å². The quantitative estimate of drug-likeness (QED) is 0.389. The number of ether oxygens (including phenoxy) is 1. The Morgan fingerprint density at radius 3 is 2.61 bits per heavy atom. The van der Waals surface area contributed by atoms with Crippen LogP contribution in [0.15, 0.2) is 66.6 Å². The molecule has 3 rings (SSSR count). The first-order valence-electron chi connectivity index (χ1n) is 8.75. The summed E-state index contributed by atoms with van der Waals surface area (Å²) in [6.07, 6.45) is 6.24. The number of hydrogen-bond donors (Lipinski definition) is 1. The highest BCUT2D eigenvalue weighted by Crippen LogP contribution is 2.27. The Hall–Kier alpha value is -2.54.